The van der Waals surface area contributed by atoms with Crippen molar-refractivity contribution in [1.82, 2.24) is 19.5 Å². The highest BCUT2D eigenvalue weighted by atomic mass is 16.5. The average molecular weight is 325 g/mol. The van der Waals surface area contributed by atoms with Crippen molar-refractivity contribution in [3.63, 3.8) is 0 Å². The highest BCUT2D eigenvalue weighted by Crippen LogP contribution is 2.31. The molecule has 2 atom stereocenters. The van der Waals surface area contributed by atoms with Gasteiger partial charge >= 0.3 is 0 Å². The largest absolute Gasteiger partial charge is 0.382 e. The van der Waals surface area contributed by atoms with E-state index in [2.05, 4.69) is 27.1 Å². The summed E-state index contributed by atoms with van der Waals surface area (Å²) in [6.45, 7) is 1.18. The number of rotatable bonds is 5. The average Bonchev–Trinajstić information content (AvgIpc) is 3.23. The van der Waals surface area contributed by atoms with Gasteiger partial charge in [0, 0.05) is 0 Å². The van der Waals surface area contributed by atoms with E-state index < -0.39 is 0 Å². The highest BCUT2D eigenvalue weighted by molar-refractivity contribution is 5.81. The molecule has 1 saturated heterocycles. The molecule has 3 aromatic rings. The van der Waals surface area contributed by atoms with Gasteiger partial charge in [0.2, 0.25) is 0 Å². The zero-order valence-electron chi connectivity index (χ0n) is 13.2. The lowest BCUT2D eigenvalue weighted by atomic mass is 10.2. The third-order valence-electron chi connectivity index (χ3n) is 4.20. The summed E-state index contributed by atoms with van der Waals surface area (Å²) in [6.07, 6.45) is 5.00. The monoisotopic (exact) mass is 325 g/mol. The van der Waals surface area contributed by atoms with Crippen LogP contribution in [0.5, 0.6) is 0 Å². The van der Waals surface area contributed by atoms with E-state index in [0.717, 1.165) is 12.8 Å². The van der Waals surface area contributed by atoms with Crippen LogP contribution in [-0.2, 0) is 16.1 Å². The molecule has 2 N–H and O–H groups in total. The fraction of sp³-hybridized carbons (Fsp3) is 0.353. The number of nitrogens with two attached hydrogens (primary N) is 1. The summed E-state index contributed by atoms with van der Waals surface area (Å²) >= 11 is 0. The van der Waals surface area contributed by atoms with E-state index in [1.165, 1.54) is 11.9 Å². The molecule has 1 aliphatic rings. The van der Waals surface area contributed by atoms with Crippen molar-refractivity contribution in [1.29, 1.82) is 0 Å². The zero-order chi connectivity index (χ0) is 16.4. The van der Waals surface area contributed by atoms with Gasteiger partial charge in [-0.05, 0) is 18.4 Å². The Bertz CT molecular complexity index is 820. The van der Waals surface area contributed by atoms with Crippen LogP contribution in [0.2, 0.25) is 0 Å². The van der Waals surface area contributed by atoms with Gasteiger partial charge in [0.05, 0.1) is 25.6 Å². The molecule has 1 aliphatic heterocycles. The Morgan fingerprint density at radius 3 is 2.92 bits per heavy atom. The first-order chi connectivity index (χ1) is 11.8. The van der Waals surface area contributed by atoms with Crippen LogP contribution in [0, 0.1) is 0 Å². The summed E-state index contributed by atoms with van der Waals surface area (Å²) in [5, 5.41) is 0. The SMILES string of the molecule is Nc1ncnc2c1ncn2[C@H]1CC[C@@H](COCc2ccccc2)O1. The fourth-order valence-electron chi connectivity index (χ4n) is 2.98. The van der Waals surface area contributed by atoms with E-state index in [4.69, 9.17) is 15.2 Å². The van der Waals surface area contributed by atoms with Crippen molar-refractivity contribution in [3.05, 3.63) is 48.5 Å². The van der Waals surface area contributed by atoms with Crippen LogP contribution in [-0.4, -0.2) is 32.2 Å². The molecular formula is C17H19N5O2. The first-order valence-electron chi connectivity index (χ1n) is 8.01. The summed E-state index contributed by atoms with van der Waals surface area (Å²) < 4.78 is 13.8. The number of nitrogen functional groups attached to an aromatic ring is 1. The van der Waals surface area contributed by atoms with Gasteiger partial charge in [-0.15, -0.1) is 0 Å². The van der Waals surface area contributed by atoms with Crippen LogP contribution < -0.4 is 5.73 Å². The van der Waals surface area contributed by atoms with Crippen molar-refractivity contribution in [2.45, 2.75) is 31.8 Å². The van der Waals surface area contributed by atoms with Gasteiger partial charge in [-0.1, -0.05) is 30.3 Å². The molecule has 1 aromatic carbocycles. The molecule has 2 aromatic heterocycles. The minimum atomic E-state index is -0.0883. The Kier molecular flexibility index (Phi) is 4.10. The Morgan fingerprint density at radius 2 is 2.04 bits per heavy atom. The van der Waals surface area contributed by atoms with Gasteiger partial charge in [0.25, 0.3) is 0 Å². The minimum Gasteiger partial charge on any atom is -0.382 e. The summed E-state index contributed by atoms with van der Waals surface area (Å²) in [4.78, 5) is 12.5. The van der Waals surface area contributed by atoms with Crippen LogP contribution in [0.4, 0.5) is 5.82 Å². The normalized spacial score (nSPS) is 20.7. The third kappa shape index (κ3) is 2.95. The van der Waals surface area contributed by atoms with Crippen LogP contribution in [0.3, 0.4) is 0 Å². The van der Waals surface area contributed by atoms with E-state index in [0.29, 0.717) is 30.2 Å². The maximum atomic E-state index is 6.09. The van der Waals surface area contributed by atoms with E-state index in [1.807, 2.05) is 22.8 Å². The number of anilines is 1. The Hall–Kier alpha value is -2.51. The Morgan fingerprint density at radius 1 is 1.17 bits per heavy atom. The van der Waals surface area contributed by atoms with Crippen LogP contribution in [0.25, 0.3) is 11.2 Å². The quantitative estimate of drug-likeness (QED) is 0.774. The van der Waals surface area contributed by atoms with Crippen LogP contribution >= 0.6 is 0 Å². The topological polar surface area (TPSA) is 88.1 Å². The molecular weight excluding hydrogens is 306 g/mol. The van der Waals surface area contributed by atoms with Gasteiger partial charge in [-0.25, -0.2) is 15.0 Å². The fourth-order valence-corrected chi connectivity index (χ4v) is 2.98. The Labute approximate surface area is 139 Å². The molecule has 0 radical (unpaired) electrons. The lowest BCUT2D eigenvalue weighted by Gasteiger charge is -2.15. The first-order valence-corrected chi connectivity index (χ1v) is 8.01. The summed E-state index contributed by atoms with van der Waals surface area (Å²) in [5.74, 6) is 0.388. The standard InChI is InChI=1S/C17H19N5O2/c18-16-15-17(20-10-19-16)22(11-21-15)14-7-6-13(24-14)9-23-8-12-4-2-1-3-5-12/h1-5,10-11,13-14H,6-9H2,(H2,18,19,20)/t13-,14+/m0/s1. The summed E-state index contributed by atoms with van der Waals surface area (Å²) in [6, 6.07) is 10.1. The van der Waals surface area contributed by atoms with Crippen LogP contribution in [0.1, 0.15) is 24.6 Å². The zero-order valence-corrected chi connectivity index (χ0v) is 13.2. The van der Waals surface area contributed by atoms with Crippen molar-refractivity contribution < 1.29 is 9.47 Å². The van der Waals surface area contributed by atoms with Crippen molar-refractivity contribution >= 4 is 17.0 Å². The molecule has 24 heavy (non-hydrogen) atoms. The number of ether oxygens (including phenoxy) is 2. The molecule has 1 fully saturated rings. The molecule has 4 rings (SSSR count). The minimum absolute atomic E-state index is 0.0790. The molecule has 0 aliphatic carbocycles. The molecule has 124 valence electrons. The first kappa shape index (κ1) is 15.0. The Balaban J connectivity index is 1.37. The number of nitrogens with zero attached hydrogens (tertiary/aromatic N) is 4. The number of imidazole rings is 1. The van der Waals surface area contributed by atoms with Crippen molar-refractivity contribution in [2.24, 2.45) is 0 Å². The predicted octanol–water partition coefficient (Wildman–Crippen LogP) is 2.30. The number of benzene rings is 1. The second-order valence-corrected chi connectivity index (χ2v) is 5.87. The van der Waals surface area contributed by atoms with Crippen molar-refractivity contribution in [2.75, 3.05) is 12.3 Å². The predicted molar refractivity (Wildman–Crippen MR) is 89.0 cm³/mol. The third-order valence-corrected chi connectivity index (χ3v) is 4.20. The molecule has 0 saturated carbocycles. The smallest absolute Gasteiger partial charge is 0.167 e. The second kappa shape index (κ2) is 6.54. The van der Waals surface area contributed by atoms with Gasteiger partial charge in [-0.3, -0.25) is 4.57 Å². The number of fused-ring (bicyclic) bond motifs is 1. The summed E-state index contributed by atoms with van der Waals surface area (Å²) in [7, 11) is 0. The number of aromatic nitrogens is 4. The maximum absolute atomic E-state index is 6.09. The second-order valence-electron chi connectivity index (χ2n) is 5.87. The molecule has 7 heteroatoms. The van der Waals surface area contributed by atoms with Crippen LogP contribution in [0.15, 0.2) is 43.0 Å². The molecule has 0 spiro atoms. The van der Waals surface area contributed by atoms with Gasteiger partial charge < -0.3 is 15.2 Å². The van der Waals surface area contributed by atoms with Gasteiger partial charge in [0.15, 0.2) is 11.5 Å². The lowest BCUT2D eigenvalue weighted by Crippen LogP contribution is -2.16. The van der Waals surface area contributed by atoms with Gasteiger partial charge in [0.1, 0.15) is 18.1 Å². The molecule has 7 nitrogen and oxygen atoms in total. The molecule has 0 unspecified atom stereocenters. The highest BCUT2D eigenvalue weighted by Gasteiger charge is 2.28. The lowest BCUT2D eigenvalue weighted by molar-refractivity contribution is -0.0433. The number of hydrogen-bond acceptors (Lipinski definition) is 6. The van der Waals surface area contributed by atoms with E-state index in [-0.39, 0.29) is 12.3 Å². The van der Waals surface area contributed by atoms with E-state index in [1.54, 1.807) is 6.33 Å². The van der Waals surface area contributed by atoms with Gasteiger partial charge in [-0.2, -0.15) is 0 Å². The molecule has 0 bridgehead atoms. The van der Waals surface area contributed by atoms with E-state index in [9.17, 15) is 0 Å². The maximum Gasteiger partial charge on any atom is 0.167 e. The van der Waals surface area contributed by atoms with Crippen molar-refractivity contribution in [3.8, 4) is 0 Å². The molecule has 0 amide bonds. The molecule has 3 heterocycles. The van der Waals surface area contributed by atoms with E-state index >= 15 is 0 Å². The summed E-state index contributed by atoms with van der Waals surface area (Å²) in [5.41, 5.74) is 8.32. The number of hydrogen-bond donors (Lipinski definition) is 1.